The maximum Gasteiger partial charge on any atom is 2.00 e. The molecule has 0 aromatic rings. The molecule has 0 atom stereocenters. The van der Waals surface area contributed by atoms with Gasteiger partial charge in [0.2, 0.25) is 0 Å². The van der Waals surface area contributed by atoms with E-state index in [0.717, 1.165) is 12.0 Å². The number of carbonyl (C=O) groups is 1. The molecule has 0 aromatic heterocycles. The summed E-state index contributed by atoms with van der Waals surface area (Å²) < 4.78 is 0. The molecule has 0 aliphatic rings. The van der Waals surface area contributed by atoms with Crippen molar-refractivity contribution in [3.8, 4) is 0 Å². The van der Waals surface area contributed by atoms with E-state index < -0.39 is 5.97 Å². The zero-order chi connectivity index (χ0) is 6.57. The molecule has 0 fully saturated rings. The van der Waals surface area contributed by atoms with Crippen LogP contribution in [0.3, 0.4) is 0 Å². The Morgan fingerprint density at radius 1 is 1.67 bits per heavy atom. The summed E-state index contributed by atoms with van der Waals surface area (Å²) in [5.41, 5.74) is 0.900. The molecule has 9 heavy (non-hydrogen) atoms. The number of carboxylic acid groups (broad SMARTS) is 1. The molecule has 0 aromatic carbocycles. The number of hydrogen-bond donors (Lipinski definition) is 1. The SMILES string of the molecule is CC/C(C)=C\C(=O)O.[Cu+2]. The Labute approximate surface area is 65.4 Å². The molecule has 0 saturated heterocycles. The molecule has 0 rings (SSSR count). The molecule has 0 heterocycles. The monoisotopic (exact) mass is 177 g/mol. The van der Waals surface area contributed by atoms with Crippen molar-refractivity contribution in [2.75, 3.05) is 0 Å². The van der Waals surface area contributed by atoms with Gasteiger partial charge >= 0.3 is 23.0 Å². The summed E-state index contributed by atoms with van der Waals surface area (Å²) in [7, 11) is 0. The van der Waals surface area contributed by atoms with E-state index in [2.05, 4.69) is 0 Å². The molecule has 0 aliphatic heterocycles. The van der Waals surface area contributed by atoms with Crippen molar-refractivity contribution in [2.45, 2.75) is 20.3 Å². The standard InChI is InChI=1S/C6H10O2.Cu/c1-3-5(2)4-6(7)8;/h4H,3H2,1-2H3,(H,7,8);/q;+2/b5-4-;. The van der Waals surface area contributed by atoms with E-state index in [1.54, 1.807) is 6.92 Å². The van der Waals surface area contributed by atoms with Crippen molar-refractivity contribution in [2.24, 2.45) is 0 Å². The minimum absolute atomic E-state index is 0. The predicted molar refractivity (Wildman–Crippen MR) is 31.7 cm³/mol. The Bertz CT molecular complexity index is 118. The predicted octanol–water partition coefficient (Wildman–Crippen LogP) is 1.42. The molecule has 1 N–H and O–H groups in total. The minimum Gasteiger partial charge on any atom is -0.478 e. The molecular weight excluding hydrogens is 168 g/mol. The maximum absolute atomic E-state index is 9.89. The quantitative estimate of drug-likeness (QED) is 0.512. The molecule has 55 valence electrons. The maximum atomic E-state index is 9.89. The largest absolute Gasteiger partial charge is 2.00 e. The summed E-state index contributed by atoms with van der Waals surface area (Å²) in [5.74, 6) is -0.857. The normalized spacial score (nSPS) is 10.2. The number of allylic oxidation sites excluding steroid dienone is 1. The number of rotatable bonds is 2. The number of carboxylic acids is 1. The third kappa shape index (κ3) is 7.73. The van der Waals surface area contributed by atoms with E-state index in [-0.39, 0.29) is 17.1 Å². The Morgan fingerprint density at radius 3 is 2.22 bits per heavy atom. The van der Waals surface area contributed by atoms with Gasteiger partial charge in [0.1, 0.15) is 0 Å². The third-order valence-corrected chi connectivity index (χ3v) is 0.928. The first-order valence-electron chi connectivity index (χ1n) is 2.57. The van der Waals surface area contributed by atoms with E-state index in [9.17, 15) is 4.79 Å². The number of aliphatic carboxylic acids is 1. The van der Waals surface area contributed by atoms with Crippen molar-refractivity contribution in [1.82, 2.24) is 0 Å². The van der Waals surface area contributed by atoms with Gasteiger partial charge in [-0.3, -0.25) is 0 Å². The fourth-order valence-electron chi connectivity index (χ4n) is 0.313. The summed E-state index contributed by atoms with van der Waals surface area (Å²) in [4.78, 5) is 9.89. The van der Waals surface area contributed by atoms with Gasteiger partial charge in [-0.1, -0.05) is 12.5 Å². The smallest absolute Gasteiger partial charge is 0.478 e. The van der Waals surface area contributed by atoms with Crippen molar-refractivity contribution in [3.05, 3.63) is 11.6 Å². The third-order valence-electron chi connectivity index (χ3n) is 0.928. The molecule has 0 aliphatic carbocycles. The number of hydrogen-bond acceptors (Lipinski definition) is 1. The Hall–Kier alpha value is -0.271. The van der Waals surface area contributed by atoms with Crippen molar-refractivity contribution >= 4 is 5.97 Å². The fourth-order valence-corrected chi connectivity index (χ4v) is 0.313. The van der Waals surface area contributed by atoms with E-state index >= 15 is 0 Å². The topological polar surface area (TPSA) is 37.3 Å². The second-order valence-electron chi connectivity index (χ2n) is 1.68. The van der Waals surface area contributed by atoms with Gasteiger partial charge in [-0.05, 0) is 13.3 Å². The van der Waals surface area contributed by atoms with Crippen LogP contribution in [0.2, 0.25) is 0 Å². The van der Waals surface area contributed by atoms with Gasteiger partial charge in [0.25, 0.3) is 0 Å². The van der Waals surface area contributed by atoms with Gasteiger partial charge in [-0.25, -0.2) is 4.79 Å². The second kappa shape index (κ2) is 5.86. The molecule has 0 bridgehead atoms. The van der Waals surface area contributed by atoms with Gasteiger partial charge in [-0.2, -0.15) is 0 Å². The summed E-state index contributed by atoms with van der Waals surface area (Å²) in [5, 5.41) is 8.14. The first-order chi connectivity index (χ1) is 3.66. The van der Waals surface area contributed by atoms with Gasteiger partial charge < -0.3 is 5.11 Å². The molecule has 0 spiro atoms. The average molecular weight is 178 g/mol. The van der Waals surface area contributed by atoms with E-state index in [0.29, 0.717) is 0 Å². The van der Waals surface area contributed by atoms with Crippen LogP contribution in [0.25, 0.3) is 0 Å². The molecule has 0 unspecified atom stereocenters. The van der Waals surface area contributed by atoms with Gasteiger partial charge in [0.15, 0.2) is 0 Å². The van der Waals surface area contributed by atoms with Gasteiger partial charge in [-0.15, -0.1) is 0 Å². The first-order valence-corrected chi connectivity index (χ1v) is 2.57. The van der Waals surface area contributed by atoms with Gasteiger partial charge in [0.05, 0.1) is 0 Å². The van der Waals surface area contributed by atoms with Crippen LogP contribution in [0, 0.1) is 0 Å². The van der Waals surface area contributed by atoms with E-state index in [1.807, 2.05) is 6.92 Å². The van der Waals surface area contributed by atoms with Crippen molar-refractivity contribution in [3.63, 3.8) is 0 Å². The van der Waals surface area contributed by atoms with Crippen LogP contribution < -0.4 is 0 Å². The molecule has 0 amide bonds. The van der Waals surface area contributed by atoms with Crippen LogP contribution in [0.4, 0.5) is 0 Å². The van der Waals surface area contributed by atoms with Crippen molar-refractivity contribution < 1.29 is 27.0 Å². The summed E-state index contributed by atoms with van der Waals surface area (Å²) in [6, 6.07) is 0. The fraction of sp³-hybridized carbons (Fsp3) is 0.500. The Kier molecular flexibility index (Phi) is 7.50. The molecule has 0 saturated carbocycles. The van der Waals surface area contributed by atoms with E-state index in [4.69, 9.17) is 5.11 Å². The molecule has 1 radical (unpaired) electrons. The minimum atomic E-state index is -0.857. The summed E-state index contributed by atoms with van der Waals surface area (Å²) >= 11 is 0. The molecular formula is C6H10CuO2+2. The van der Waals surface area contributed by atoms with Gasteiger partial charge in [0, 0.05) is 6.08 Å². The van der Waals surface area contributed by atoms with Crippen LogP contribution in [-0.4, -0.2) is 11.1 Å². The van der Waals surface area contributed by atoms with Crippen LogP contribution in [0.5, 0.6) is 0 Å². The molecule has 3 heteroatoms. The zero-order valence-corrected chi connectivity index (χ0v) is 6.38. The van der Waals surface area contributed by atoms with E-state index in [1.165, 1.54) is 6.08 Å². The Balaban J connectivity index is 0. The van der Waals surface area contributed by atoms with Crippen molar-refractivity contribution in [1.29, 1.82) is 0 Å². The first kappa shape index (κ1) is 11.5. The average Bonchev–Trinajstić information content (AvgIpc) is 1.65. The molecule has 2 nitrogen and oxygen atoms in total. The zero-order valence-electron chi connectivity index (χ0n) is 5.44. The van der Waals surface area contributed by atoms with Crippen LogP contribution in [-0.2, 0) is 21.9 Å². The Morgan fingerprint density at radius 2 is 2.11 bits per heavy atom. The summed E-state index contributed by atoms with van der Waals surface area (Å²) in [6.45, 7) is 3.73. The van der Waals surface area contributed by atoms with Crippen LogP contribution in [0.15, 0.2) is 11.6 Å². The van der Waals surface area contributed by atoms with Crippen LogP contribution >= 0.6 is 0 Å². The second-order valence-corrected chi connectivity index (χ2v) is 1.68. The summed E-state index contributed by atoms with van der Waals surface area (Å²) in [6.07, 6.45) is 2.03. The van der Waals surface area contributed by atoms with Crippen LogP contribution in [0.1, 0.15) is 20.3 Å².